The van der Waals surface area contributed by atoms with E-state index in [-0.39, 0.29) is 17.2 Å². The van der Waals surface area contributed by atoms with E-state index in [0.717, 1.165) is 11.3 Å². The van der Waals surface area contributed by atoms with Gasteiger partial charge in [0.1, 0.15) is 5.75 Å². The molecule has 1 aliphatic rings. The topological polar surface area (TPSA) is 92.8 Å². The Kier molecular flexibility index (Phi) is 6.38. The van der Waals surface area contributed by atoms with E-state index in [1.54, 1.807) is 35.2 Å². The summed E-state index contributed by atoms with van der Waals surface area (Å²) in [6.45, 7) is 3.52. The molecule has 30 heavy (non-hydrogen) atoms. The molecule has 0 bridgehead atoms. The van der Waals surface area contributed by atoms with Gasteiger partial charge in [-0.15, -0.1) is 0 Å². The molecule has 0 spiro atoms. The van der Waals surface area contributed by atoms with Crippen molar-refractivity contribution in [2.24, 2.45) is 0 Å². The monoisotopic (exact) mass is 450 g/mol. The predicted octanol–water partition coefficient (Wildman–Crippen LogP) is 3.45. The largest absolute Gasteiger partial charge is 0.495 e. The maximum Gasteiger partial charge on any atom is 0.225 e. The van der Waals surface area contributed by atoms with Crippen LogP contribution in [0.2, 0.25) is 5.02 Å². The van der Waals surface area contributed by atoms with Gasteiger partial charge >= 0.3 is 0 Å². The summed E-state index contributed by atoms with van der Waals surface area (Å²) in [5, 5.41) is 2.14. The molecule has 0 fully saturated rings. The number of ether oxygens (including phenoxy) is 1. The fraction of sp³-hybridized carbons (Fsp3) is 0.333. The number of benzene rings is 2. The van der Waals surface area contributed by atoms with Crippen molar-refractivity contribution in [1.29, 1.82) is 0 Å². The normalized spacial score (nSPS) is 14.2. The van der Waals surface area contributed by atoms with Crippen LogP contribution in [0.4, 0.5) is 11.4 Å². The molecule has 1 atom stereocenters. The van der Waals surface area contributed by atoms with Crippen LogP contribution in [0, 0.1) is 0 Å². The number of hydrogen-bond donors (Lipinski definition) is 1. The van der Waals surface area contributed by atoms with Crippen LogP contribution >= 0.6 is 11.6 Å². The van der Waals surface area contributed by atoms with Gasteiger partial charge in [0.05, 0.1) is 22.9 Å². The molecule has 2 aromatic carbocycles. The van der Waals surface area contributed by atoms with Crippen LogP contribution in [-0.4, -0.2) is 39.1 Å². The third-order valence-electron chi connectivity index (χ3n) is 5.09. The van der Waals surface area contributed by atoms with Crippen molar-refractivity contribution in [3.63, 3.8) is 0 Å². The number of rotatable bonds is 6. The minimum absolute atomic E-state index is 0.0779. The lowest BCUT2D eigenvalue weighted by molar-refractivity contribution is -0.117. The molecule has 1 aliphatic heterocycles. The van der Waals surface area contributed by atoms with E-state index in [1.165, 1.54) is 27.0 Å². The Morgan fingerprint density at radius 2 is 1.97 bits per heavy atom. The molecule has 0 saturated heterocycles. The molecule has 3 rings (SSSR count). The molecular formula is C21H23ClN2O5S. The number of fused-ring (bicyclic) bond motifs is 1. The first-order chi connectivity index (χ1) is 14.1. The van der Waals surface area contributed by atoms with Crippen LogP contribution in [0.15, 0.2) is 41.3 Å². The molecule has 1 N–H and O–H groups in total. The zero-order valence-electron chi connectivity index (χ0n) is 16.9. The molecule has 2 amide bonds. The van der Waals surface area contributed by atoms with Gasteiger partial charge in [0.15, 0.2) is 9.84 Å². The number of nitrogens with one attached hydrogen (secondary N) is 1. The molecule has 0 aliphatic carbocycles. The smallest absolute Gasteiger partial charge is 0.225 e. The summed E-state index contributed by atoms with van der Waals surface area (Å²) in [5.74, 6) is -0.113. The number of carbonyl (C=O) groups excluding carboxylic acids is 2. The summed E-state index contributed by atoms with van der Waals surface area (Å²) in [6, 6.07) is 9.53. The average molecular weight is 451 g/mol. The van der Waals surface area contributed by atoms with Gasteiger partial charge in [-0.25, -0.2) is 8.42 Å². The first-order valence-corrected chi connectivity index (χ1v) is 11.3. The third-order valence-corrected chi connectivity index (χ3v) is 7.47. The zero-order valence-corrected chi connectivity index (χ0v) is 18.5. The van der Waals surface area contributed by atoms with Crippen LogP contribution in [0.1, 0.15) is 25.8 Å². The molecule has 2 aromatic rings. The summed E-state index contributed by atoms with van der Waals surface area (Å²) in [5.41, 5.74) is 1.92. The maximum absolute atomic E-state index is 13.0. The van der Waals surface area contributed by atoms with E-state index in [2.05, 4.69) is 5.32 Å². The molecule has 0 saturated carbocycles. The van der Waals surface area contributed by atoms with E-state index in [4.69, 9.17) is 16.3 Å². The van der Waals surface area contributed by atoms with Crippen molar-refractivity contribution in [3.8, 4) is 5.75 Å². The van der Waals surface area contributed by atoms with Crippen molar-refractivity contribution in [2.75, 3.05) is 23.9 Å². The second kappa shape index (κ2) is 8.65. The average Bonchev–Trinajstić information content (AvgIpc) is 3.11. The summed E-state index contributed by atoms with van der Waals surface area (Å²) in [6.07, 6.45) is 0.371. The van der Waals surface area contributed by atoms with E-state index < -0.39 is 21.0 Å². The highest BCUT2D eigenvalue weighted by Crippen LogP contribution is 2.32. The Morgan fingerprint density at radius 3 is 2.63 bits per heavy atom. The molecule has 160 valence electrons. The standard InChI is InChI=1S/C21H23ClN2O5S/c1-13(10-21(26)23-18-12-16(22)4-7-20(18)29-3)30(27,28)17-5-6-19-15(11-17)8-9-24(19)14(2)25/h4-7,11-13H,8-10H2,1-3H3,(H,23,26)/t13-/m0/s1. The quantitative estimate of drug-likeness (QED) is 0.727. The van der Waals surface area contributed by atoms with Gasteiger partial charge < -0.3 is 15.0 Å². The first kappa shape index (κ1) is 22.1. The number of amides is 2. The lowest BCUT2D eigenvalue weighted by Gasteiger charge is -2.17. The van der Waals surface area contributed by atoms with E-state index in [0.29, 0.717) is 29.4 Å². The summed E-state index contributed by atoms with van der Waals surface area (Å²) in [7, 11) is -2.27. The lowest BCUT2D eigenvalue weighted by atomic mass is 10.2. The number of anilines is 2. The van der Waals surface area contributed by atoms with Gasteiger partial charge in [0, 0.05) is 30.6 Å². The highest BCUT2D eigenvalue weighted by Gasteiger charge is 2.29. The van der Waals surface area contributed by atoms with Gasteiger partial charge in [-0.05, 0) is 55.3 Å². The number of carbonyl (C=O) groups is 2. The van der Waals surface area contributed by atoms with E-state index in [1.807, 2.05) is 0 Å². The molecule has 7 nitrogen and oxygen atoms in total. The number of sulfone groups is 1. The van der Waals surface area contributed by atoms with Gasteiger partial charge in [-0.2, -0.15) is 0 Å². The number of methoxy groups -OCH3 is 1. The summed E-state index contributed by atoms with van der Waals surface area (Å²) < 4.78 is 31.2. The SMILES string of the molecule is COc1ccc(Cl)cc1NC(=O)C[C@H](C)S(=O)(=O)c1ccc2c(c1)CCN2C(C)=O. The Morgan fingerprint density at radius 1 is 1.23 bits per heavy atom. The van der Waals surface area contributed by atoms with Crippen molar-refractivity contribution in [1.82, 2.24) is 0 Å². The Balaban J connectivity index is 1.75. The molecule has 0 radical (unpaired) electrons. The van der Waals surface area contributed by atoms with Crippen LogP contribution < -0.4 is 15.0 Å². The minimum atomic E-state index is -3.73. The Bertz CT molecular complexity index is 1100. The van der Waals surface area contributed by atoms with Gasteiger partial charge in [0.25, 0.3) is 0 Å². The van der Waals surface area contributed by atoms with Crippen molar-refractivity contribution in [3.05, 3.63) is 47.0 Å². The van der Waals surface area contributed by atoms with E-state index >= 15 is 0 Å². The highest BCUT2D eigenvalue weighted by molar-refractivity contribution is 7.92. The van der Waals surface area contributed by atoms with Crippen molar-refractivity contribution >= 4 is 44.6 Å². The van der Waals surface area contributed by atoms with Crippen LogP contribution in [0.3, 0.4) is 0 Å². The second-order valence-electron chi connectivity index (χ2n) is 7.16. The fourth-order valence-electron chi connectivity index (χ4n) is 3.46. The molecule has 0 unspecified atom stereocenters. The second-order valence-corrected chi connectivity index (χ2v) is 9.97. The lowest BCUT2D eigenvalue weighted by Crippen LogP contribution is -2.26. The van der Waals surface area contributed by atoms with E-state index in [9.17, 15) is 18.0 Å². The fourth-order valence-corrected chi connectivity index (χ4v) is 5.04. The predicted molar refractivity (Wildman–Crippen MR) is 116 cm³/mol. The maximum atomic E-state index is 13.0. The summed E-state index contributed by atoms with van der Waals surface area (Å²) >= 11 is 5.96. The zero-order chi connectivity index (χ0) is 22.1. The van der Waals surface area contributed by atoms with Crippen molar-refractivity contribution < 1.29 is 22.7 Å². The number of nitrogens with zero attached hydrogens (tertiary/aromatic N) is 1. The van der Waals surface area contributed by atoms with Gasteiger partial charge in [-0.3, -0.25) is 9.59 Å². The highest BCUT2D eigenvalue weighted by atomic mass is 35.5. The first-order valence-electron chi connectivity index (χ1n) is 9.41. The Hall–Kier alpha value is -2.58. The van der Waals surface area contributed by atoms with Crippen LogP contribution in [0.25, 0.3) is 0 Å². The molecular weight excluding hydrogens is 428 g/mol. The Labute approximate surface area is 180 Å². The molecule has 9 heteroatoms. The third kappa shape index (κ3) is 4.44. The number of halogens is 1. The molecule has 1 heterocycles. The van der Waals surface area contributed by atoms with Crippen molar-refractivity contribution in [2.45, 2.75) is 36.8 Å². The number of hydrogen-bond acceptors (Lipinski definition) is 5. The summed E-state index contributed by atoms with van der Waals surface area (Å²) in [4.78, 5) is 25.9. The molecule has 0 aromatic heterocycles. The van der Waals surface area contributed by atoms with Gasteiger partial charge in [0.2, 0.25) is 11.8 Å². The van der Waals surface area contributed by atoms with Crippen LogP contribution in [-0.2, 0) is 25.8 Å². The van der Waals surface area contributed by atoms with Gasteiger partial charge in [-0.1, -0.05) is 11.6 Å². The van der Waals surface area contributed by atoms with Crippen LogP contribution in [0.5, 0.6) is 5.75 Å². The minimum Gasteiger partial charge on any atom is -0.495 e.